The van der Waals surface area contributed by atoms with E-state index in [0.717, 1.165) is 70.6 Å². The molecular weight excluding hydrogens is 1270 g/mol. The van der Waals surface area contributed by atoms with Gasteiger partial charge in [-0.25, -0.2) is 8.78 Å². The van der Waals surface area contributed by atoms with Gasteiger partial charge in [0.25, 0.3) is 11.1 Å². The predicted molar refractivity (Wildman–Crippen MR) is 358 cm³/mol. The Hall–Kier alpha value is -7.92. The summed E-state index contributed by atoms with van der Waals surface area (Å²) in [5.74, 6) is -3.92. The molecule has 0 saturated heterocycles. The molecule has 2 heterocycles. The number of likely N-dealkylation sites (N-methyl/N-ethyl adjacent to an activating group) is 2. The molecule has 2 amide bonds. The standard InChI is InChI=1S/C37H40F4N4O2S.C36H38F4N4O2S/c1-4-43(5-2)19-20-44(22-26-9-13-28(14-10-26)29-15-18-32(25(3)21-29)37(39,40)41)34(46)23-45-33-8-6-7-31(33)35(47)42-36(45)48-24-27-11-16-30(38)17-12-27;1-3-42(4-2)20-21-43(22-25-8-12-27(13-9-25)28-14-16-29(17-15-28)36(38,39)40)33(45)23-44-32-7-5-6-31(32)34(46)41-35(44)47-24-26-10-18-30(37)19-11-26/h9-18,21H,4-8,19-20,22-24H2,1-3H3;8-19H,3-7,20-24H2,1-2H3/i4D2,5D2,9D,10D,13D,14D,15D,18D,19D2,20D2,21D;3D2,4D2,5D2,6D2,7D2,20D2,21D2. The van der Waals surface area contributed by atoms with E-state index in [-0.39, 0.29) is 60.2 Å². The minimum Gasteiger partial charge on any atom is -0.336 e. The molecule has 0 fully saturated rings. The average Bonchev–Trinajstić information content (AvgIpc) is 1.50. The second-order valence-corrected chi connectivity index (χ2v) is 22.5. The lowest BCUT2D eigenvalue weighted by atomic mass is 9.98. The number of carbonyl (C=O) groups is 2. The zero-order valence-corrected chi connectivity index (χ0v) is 52.8. The molecule has 0 saturated carbocycles. The van der Waals surface area contributed by atoms with E-state index in [2.05, 4.69) is 9.97 Å². The molecule has 0 spiro atoms. The lowest BCUT2D eigenvalue weighted by Gasteiger charge is -2.28. The zero-order valence-electron chi connectivity index (χ0n) is 80.2. The fraction of sp³-hybridized carbons (Fsp3) is 0.370. The number of thioether (sulfide) groups is 2. The van der Waals surface area contributed by atoms with Gasteiger partial charge >= 0.3 is 12.4 Å². The van der Waals surface area contributed by atoms with E-state index >= 15 is 0 Å². The number of halogens is 8. The maximum atomic E-state index is 14.8. The number of carbonyl (C=O) groups excluding carboxylic acids is 2. The number of amides is 2. The molecular formula is C73H78F8N8O4S2. The highest BCUT2D eigenvalue weighted by atomic mass is 32.2. The highest BCUT2D eigenvalue weighted by Gasteiger charge is 2.33. The average molecular weight is 1380 g/mol. The van der Waals surface area contributed by atoms with Crippen LogP contribution in [0.5, 0.6) is 0 Å². The summed E-state index contributed by atoms with van der Waals surface area (Å²) in [6.45, 7) is -27.4. The second-order valence-electron chi connectivity index (χ2n) is 20.6. The van der Waals surface area contributed by atoms with Gasteiger partial charge in [-0.15, -0.1) is 0 Å². The van der Waals surface area contributed by atoms with Gasteiger partial charge in [-0.3, -0.25) is 19.2 Å². The van der Waals surface area contributed by atoms with Crippen molar-refractivity contribution in [2.45, 2.75) is 133 Å². The number of rotatable bonds is 26. The summed E-state index contributed by atoms with van der Waals surface area (Å²) in [7, 11) is 0. The third-order valence-corrected chi connectivity index (χ3v) is 16.4. The highest BCUT2D eigenvalue weighted by Crippen LogP contribution is 2.36. The monoisotopic (exact) mass is 1380 g/mol. The third kappa shape index (κ3) is 19.0. The van der Waals surface area contributed by atoms with Gasteiger partial charge in [0.2, 0.25) is 11.8 Å². The summed E-state index contributed by atoms with van der Waals surface area (Å²) in [5.41, 5.74) is -7.60. The van der Waals surface area contributed by atoms with Crippen LogP contribution in [0.1, 0.15) is 142 Å². The molecule has 0 atom stereocenters. The van der Waals surface area contributed by atoms with Crippen LogP contribution in [0.3, 0.4) is 0 Å². The molecule has 8 aromatic rings. The number of aromatic nitrogens is 4. The van der Waals surface area contributed by atoms with Crippen molar-refractivity contribution >= 4 is 35.3 Å². The van der Waals surface area contributed by atoms with Crippen LogP contribution in [-0.2, 0) is 85.2 Å². The molecule has 2 aliphatic carbocycles. The van der Waals surface area contributed by atoms with Crippen LogP contribution in [0.15, 0.2) is 159 Å². The fourth-order valence-electron chi connectivity index (χ4n) is 9.44. The summed E-state index contributed by atoms with van der Waals surface area (Å²) in [6, 6.07) is 11.9. The maximum Gasteiger partial charge on any atom is 0.416 e. The van der Waals surface area contributed by atoms with Gasteiger partial charge in [0.05, 0.1) is 26.2 Å². The van der Waals surface area contributed by atoms with Crippen molar-refractivity contribution in [3.8, 4) is 22.3 Å². The Labute approximate surface area is 598 Å². The third-order valence-electron chi connectivity index (χ3n) is 14.3. The lowest BCUT2D eigenvalue weighted by Crippen LogP contribution is -2.40. The zero-order chi connectivity index (χ0) is 93.8. The number of hydrogen-bond acceptors (Lipinski definition) is 10. The molecule has 0 bridgehead atoms. The van der Waals surface area contributed by atoms with Crippen LogP contribution < -0.4 is 11.1 Å². The second kappa shape index (κ2) is 32.7. The predicted octanol–water partition coefficient (Wildman–Crippen LogP) is 14.7. The van der Waals surface area contributed by atoms with E-state index in [9.17, 15) is 57.0 Å². The van der Waals surface area contributed by atoms with Gasteiger partial charge in [-0.2, -0.15) is 36.3 Å². The van der Waals surface area contributed by atoms with Crippen molar-refractivity contribution in [3.63, 3.8) is 0 Å². The van der Waals surface area contributed by atoms with Gasteiger partial charge in [-0.1, -0.05) is 148 Å². The van der Waals surface area contributed by atoms with E-state index in [1.165, 1.54) is 77.4 Å². The summed E-state index contributed by atoms with van der Waals surface area (Å²) in [5, 5.41) is -0.551. The van der Waals surface area contributed by atoms with Gasteiger partial charge < -0.3 is 28.7 Å². The van der Waals surface area contributed by atoms with E-state index in [1.807, 2.05) is 0 Å². The Morgan fingerprint density at radius 1 is 0.547 bits per heavy atom. The topological polar surface area (TPSA) is 117 Å². The van der Waals surface area contributed by atoms with Crippen LogP contribution in [0, 0.1) is 18.6 Å². The van der Waals surface area contributed by atoms with Crippen LogP contribution >= 0.6 is 23.5 Å². The quantitative estimate of drug-likeness (QED) is 0.0295. The van der Waals surface area contributed by atoms with Gasteiger partial charge in [0, 0.05) is 97.8 Å². The van der Waals surface area contributed by atoms with Crippen molar-refractivity contribution in [3.05, 3.63) is 233 Å². The smallest absolute Gasteiger partial charge is 0.336 e. The Balaban J connectivity index is 0.000000281. The summed E-state index contributed by atoms with van der Waals surface area (Å²) in [6.07, 6.45) is -19.0. The largest absolute Gasteiger partial charge is 0.416 e. The number of benzene rings is 6. The molecule has 12 nitrogen and oxygen atoms in total. The molecule has 502 valence electrons. The molecule has 0 aliphatic heterocycles. The van der Waals surface area contributed by atoms with Crippen LogP contribution in [0.4, 0.5) is 35.1 Å². The first-order chi connectivity index (χ1) is 56.4. The Bertz CT molecular complexity index is 5450. The minimum atomic E-state index is -5.18. The first kappa shape index (κ1) is 41.9. The number of fused-ring (bicyclic) bond motifs is 2. The minimum absolute atomic E-state index is 0.0615. The first-order valence-electron chi connectivity index (χ1n) is 43.2. The van der Waals surface area contributed by atoms with Gasteiger partial charge in [0.15, 0.2) is 10.3 Å². The van der Waals surface area contributed by atoms with E-state index in [1.54, 1.807) is 0 Å². The molecule has 2 aromatic heterocycles. The van der Waals surface area contributed by atoms with Crippen molar-refractivity contribution in [2.75, 3.05) is 52.0 Å². The number of hydrogen-bond donors (Lipinski definition) is 0. The molecule has 10 rings (SSSR count). The van der Waals surface area contributed by atoms with Crippen molar-refractivity contribution in [1.82, 2.24) is 38.7 Å². The van der Waals surface area contributed by atoms with E-state index < -0.39 is 236 Å². The van der Waals surface area contributed by atoms with Crippen molar-refractivity contribution < 1.29 is 84.5 Å². The Kier molecular flexibility index (Phi) is 14.4. The van der Waals surface area contributed by atoms with Gasteiger partial charge in [-0.05, 0) is 164 Å². The fourth-order valence-corrected chi connectivity index (χ4v) is 11.4. The normalized spacial score (nSPS) is 20.1. The number of alkyl halides is 6. The van der Waals surface area contributed by atoms with Crippen LogP contribution in [0.2, 0.25) is 0 Å². The lowest BCUT2D eigenvalue weighted by molar-refractivity contribution is -0.138. The Morgan fingerprint density at radius 3 is 1.51 bits per heavy atom. The maximum absolute atomic E-state index is 14.8. The molecule has 95 heavy (non-hydrogen) atoms. The first-order valence-corrected chi connectivity index (χ1v) is 30.7. The summed E-state index contributed by atoms with van der Waals surface area (Å²) >= 11 is 1.63. The van der Waals surface area contributed by atoms with E-state index in [0.29, 0.717) is 50.7 Å². The molecule has 22 heteroatoms. The van der Waals surface area contributed by atoms with Crippen molar-refractivity contribution in [1.29, 1.82) is 0 Å². The SMILES string of the molecule is [2H]C([2H])(C)N(C([2H])([2H])C)C([2H])([2H])C([2H])([2H])N(Cc1ccc(-c2ccc(C(F)(F)F)cc2)cc1)C(=O)Cn1c(SCc2ccc(F)cc2)nc(=O)c2c1C([2H])([2H])C([2H])([2H])C2([2H])[2H].[2H]c1c([2H])c(-c2c([2H])c([2H])c(C(F)(F)F)c(C)c2[2H])c([2H])c([2H])c1CN(C(=O)Cn1c(SCc2ccc(F)cc2)nc(=O)c2c1CCC2)C([2H])([2H])C([2H])([2H])N(C([2H])([2H])C)C([2H])([2H])C. The van der Waals surface area contributed by atoms with Crippen LogP contribution in [-0.4, -0.2) is 102 Å². The van der Waals surface area contributed by atoms with Gasteiger partial charge in [0.1, 0.15) is 24.7 Å². The molecule has 0 N–H and O–H groups in total. The molecule has 0 unspecified atom stereocenters. The van der Waals surface area contributed by atoms with Crippen molar-refractivity contribution in [2.24, 2.45) is 0 Å². The molecule has 0 radical (unpaired) electrons. The summed E-state index contributed by atoms with van der Waals surface area (Å²) in [4.78, 5) is 64.4. The summed E-state index contributed by atoms with van der Waals surface area (Å²) < 4.78 is 361. The molecule has 2 aliphatic rings. The Morgan fingerprint density at radius 2 is 1.01 bits per heavy atom. The molecule has 6 aromatic carbocycles. The number of nitrogens with zero attached hydrogens (tertiary/aromatic N) is 8. The van der Waals surface area contributed by atoms with E-state index in [4.69, 9.17) is 37.0 Å². The van der Waals surface area contributed by atoms with Crippen LogP contribution in [0.25, 0.3) is 22.3 Å². The highest BCUT2D eigenvalue weighted by molar-refractivity contribution is 7.98.